The molecule has 0 aromatic heterocycles. The van der Waals surface area contributed by atoms with Crippen molar-refractivity contribution in [3.8, 4) is 17.6 Å². The van der Waals surface area contributed by atoms with Crippen molar-refractivity contribution in [1.82, 2.24) is 10.7 Å². The molecule has 2 aromatic carbocycles. The van der Waals surface area contributed by atoms with Gasteiger partial charge in [-0.1, -0.05) is 49.2 Å². The van der Waals surface area contributed by atoms with Crippen molar-refractivity contribution in [2.24, 2.45) is 11.0 Å². The summed E-state index contributed by atoms with van der Waals surface area (Å²) in [6.45, 7) is 5.37. The minimum atomic E-state index is -0.902. The van der Waals surface area contributed by atoms with Gasteiger partial charge in [0.15, 0.2) is 12.7 Å². The molecule has 34 heavy (non-hydrogen) atoms. The molecule has 2 aromatic rings. The van der Waals surface area contributed by atoms with Crippen LogP contribution in [0.5, 0.6) is 11.5 Å². The first-order valence-corrected chi connectivity index (χ1v) is 11.3. The molecule has 180 valence electrons. The second kappa shape index (κ2) is 13.4. The number of halogens is 2. The molecule has 0 fully saturated rings. The fourth-order valence-corrected chi connectivity index (χ4v) is 3.31. The summed E-state index contributed by atoms with van der Waals surface area (Å²) in [5, 5.41) is 16.0. The molecule has 0 aliphatic carbocycles. The Bertz CT molecular complexity index is 1070. The van der Waals surface area contributed by atoms with Crippen molar-refractivity contribution >= 4 is 41.2 Å². The molecule has 0 saturated heterocycles. The third-order valence-corrected chi connectivity index (χ3v) is 4.99. The molecule has 2 N–H and O–H groups in total. The number of carbonyl (C=O) groups excluding carboxylic acids is 2. The van der Waals surface area contributed by atoms with Crippen molar-refractivity contribution in [2.75, 3.05) is 6.61 Å². The van der Waals surface area contributed by atoms with Gasteiger partial charge in [-0.3, -0.25) is 9.59 Å². The van der Waals surface area contributed by atoms with Crippen LogP contribution in [0.15, 0.2) is 47.6 Å². The molecule has 10 heteroatoms. The third kappa shape index (κ3) is 8.93. The monoisotopic (exact) mass is 504 g/mol. The molecule has 0 aliphatic rings. The highest BCUT2D eigenvalue weighted by Crippen LogP contribution is 2.28. The molecule has 0 bridgehead atoms. The number of benzene rings is 2. The standard InChI is InChI=1S/C24H26Cl2N4O4/c1-15(2)11-21(29-23(31)16(3)34-22-8-7-18(25)13-20(22)26)24(32)30-28-14-17-5-4-6-19(12-17)33-10-9-27/h4-8,12-16,21H,10-11H2,1-3H3,(H,29,31)(H,30,32)/b28-14-/t16-,21-/m0/s1. The quantitative estimate of drug-likeness (QED) is 0.349. The van der Waals surface area contributed by atoms with Gasteiger partial charge in [-0.2, -0.15) is 10.4 Å². The highest BCUT2D eigenvalue weighted by molar-refractivity contribution is 6.35. The van der Waals surface area contributed by atoms with Gasteiger partial charge in [0.1, 0.15) is 23.6 Å². The Hall–Kier alpha value is -3.28. The molecule has 8 nitrogen and oxygen atoms in total. The van der Waals surface area contributed by atoms with E-state index < -0.39 is 24.0 Å². The zero-order valence-electron chi connectivity index (χ0n) is 19.0. The summed E-state index contributed by atoms with van der Waals surface area (Å²) in [6, 6.07) is 12.7. The number of ether oxygens (including phenoxy) is 2. The predicted molar refractivity (Wildman–Crippen MR) is 131 cm³/mol. The van der Waals surface area contributed by atoms with Gasteiger partial charge in [0.25, 0.3) is 11.8 Å². The van der Waals surface area contributed by atoms with E-state index >= 15 is 0 Å². The Morgan fingerprint density at radius 1 is 1.15 bits per heavy atom. The number of hydrogen-bond donors (Lipinski definition) is 2. The summed E-state index contributed by atoms with van der Waals surface area (Å²) in [4.78, 5) is 25.4. The maximum absolute atomic E-state index is 12.7. The fourth-order valence-electron chi connectivity index (χ4n) is 2.86. The summed E-state index contributed by atoms with van der Waals surface area (Å²) < 4.78 is 10.9. The number of nitriles is 1. The molecule has 0 radical (unpaired) electrons. The summed E-state index contributed by atoms with van der Waals surface area (Å²) in [5.41, 5.74) is 3.12. The Balaban J connectivity index is 1.99. The molecule has 2 rings (SSSR count). The number of carbonyl (C=O) groups is 2. The Kier molecular flexibility index (Phi) is 10.7. The number of hydrazone groups is 1. The van der Waals surface area contributed by atoms with Crippen molar-refractivity contribution in [2.45, 2.75) is 39.3 Å². The summed E-state index contributed by atoms with van der Waals surface area (Å²) in [7, 11) is 0. The number of hydrogen-bond acceptors (Lipinski definition) is 6. The molecule has 2 amide bonds. The van der Waals surface area contributed by atoms with Crippen LogP contribution in [0.1, 0.15) is 32.8 Å². The van der Waals surface area contributed by atoms with Crippen LogP contribution < -0.4 is 20.2 Å². The smallest absolute Gasteiger partial charge is 0.262 e. The molecular weight excluding hydrogens is 479 g/mol. The van der Waals surface area contributed by atoms with Crippen molar-refractivity contribution in [1.29, 1.82) is 5.26 Å². The summed E-state index contributed by atoms with van der Waals surface area (Å²) >= 11 is 12.0. The van der Waals surface area contributed by atoms with E-state index in [1.54, 1.807) is 43.3 Å². The summed E-state index contributed by atoms with van der Waals surface area (Å²) in [5.74, 6) is 0.0155. The van der Waals surface area contributed by atoms with Gasteiger partial charge in [0.05, 0.1) is 11.2 Å². The van der Waals surface area contributed by atoms with Gasteiger partial charge in [0, 0.05) is 5.02 Å². The molecule has 0 saturated carbocycles. The SMILES string of the molecule is CC(C)C[C@H](NC(=O)[C@H](C)Oc1ccc(Cl)cc1Cl)C(=O)N/N=C\c1cccc(OCC#N)c1. The van der Waals surface area contributed by atoms with E-state index in [-0.39, 0.29) is 17.5 Å². The van der Waals surface area contributed by atoms with Crippen molar-refractivity contribution in [3.05, 3.63) is 58.1 Å². The number of amides is 2. The predicted octanol–water partition coefficient (Wildman–Crippen LogP) is 4.34. The molecule has 0 aliphatic heterocycles. The van der Waals surface area contributed by atoms with Gasteiger partial charge >= 0.3 is 0 Å². The second-order valence-corrected chi connectivity index (χ2v) is 8.62. The van der Waals surface area contributed by atoms with Crippen LogP contribution in [0.3, 0.4) is 0 Å². The van der Waals surface area contributed by atoms with Crippen LogP contribution in [0.4, 0.5) is 0 Å². The van der Waals surface area contributed by atoms with Crippen molar-refractivity contribution in [3.63, 3.8) is 0 Å². The van der Waals surface area contributed by atoms with E-state index in [0.717, 1.165) is 0 Å². The largest absolute Gasteiger partial charge is 0.479 e. The molecule has 0 spiro atoms. The van der Waals surface area contributed by atoms with Crippen LogP contribution in [-0.4, -0.2) is 36.8 Å². The average molecular weight is 505 g/mol. The highest BCUT2D eigenvalue weighted by Gasteiger charge is 2.25. The fraction of sp³-hybridized carbons (Fsp3) is 0.333. The minimum absolute atomic E-state index is 0.0692. The maximum Gasteiger partial charge on any atom is 0.262 e. The Morgan fingerprint density at radius 3 is 2.59 bits per heavy atom. The minimum Gasteiger partial charge on any atom is -0.479 e. The van der Waals surface area contributed by atoms with Crippen LogP contribution in [0.2, 0.25) is 10.0 Å². The van der Waals surface area contributed by atoms with Gasteiger partial charge < -0.3 is 14.8 Å². The lowest BCUT2D eigenvalue weighted by Crippen LogP contribution is -2.49. The Morgan fingerprint density at radius 2 is 1.91 bits per heavy atom. The van der Waals surface area contributed by atoms with E-state index in [0.29, 0.717) is 28.5 Å². The van der Waals surface area contributed by atoms with Gasteiger partial charge in [-0.15, -0.1) is 0 Å². The van der Waals surface area contributed by atoms with E-state index in [4.69, 9.17) is 37.9 Å². The van der Waals surface area contributed by atoms with Crippen molar-refractivity contribution < 1.29 is 19.1 Å². The van der Waals surface area contributed by atoms with E-state index in [1.165, 1.54) is 12.3 Å². The normalized spacial score (nSPS) is 12.6. The van der Waals surface area contributed by atoms with E-state index in [9.17, 15) is 9.59 Å². The number of rotatable bonds is 11. The summed E-state index contributed by atoms with van der Waals surface area (Å²) in [6.07, 6.45) is 0.944. The first kappa shape index (κ1) is 27.0. The van der Waals surface area contributed by atoms with Gasteiger partial charge in [0.2, 0.25) is 0 Å². The zero-order valence-corrected chi connectivity index (χ0v) is 20.6. The first-order chi connectivity index (χ1) is 16.2. The van der Waals surface area contributed by atoms with E-state index in [1.807, 2.05) is 19.9 Å². The number of nitrogens with zero attached hydrogens (tertiary/aromatic N) is 2. The zero-order chi connectivity index (χ0) is 25.1. The van der Waals surface area contributed by atoms with Gasteiger partial charge in [-0.25, -0.2) is 5.43 Å². The molecule has 0 unspecified atom stereocenters. The third-order valence-electron chi connectivity index (χ3n) is 4.46. The Labute approximate surface area is 208 Å². The van der Waals surface area contributed by atoms with Crippen LogP contribution in [0.25, 0.3) is 0 Å². The lowest BCUT2D eigenvalue weighted by molar-refractivity contribution is -0.132. The average Bonchev–Trinajstić information content (AvgIpc) is 2.78. The van der Waals surface area contributed by atoms with Crippen LogP contribution in [0, 0.1) is 17.2 Å². The maximum atomic E-state index is 12.7. The lowest BCUT2D eigenvalue weighted by Gasteiger charge is -2.22. The van der Waals surface area contributed by atoms with Crippen LogP contribution >= 0.6 is 23.2 Å². The second-order valence-electron chi connectivity index (χ2n) is 7.78. The molecular formula is C24H26Cl2N4O4. The number of nitrogens with one attached hydrogen (secondary N) is 2. The highest BCUT2D eigenvalue weighted by atomic mass is 35.5. The topological polar surface area (TPSA) is 113 Å². The van der Waals surface area contributed by atoms with Gasteiger partial charge in [-0.05, 0) is 55.2 Å². The van der Waals surface area contributed by atoms with Crippen LogP contribution in [-0.2, 0) is 9.59 Å². The first-order valence-electron chi connectivity index (χ1n) is 10.5. The lowest BCUT2D eigenvalue weighted by atomic mass is 10.0. The molecule has 2 atom stereocenters. The molecule has 0 heterocycles. The van der Waals surface area contributed by atoms with E-state index in [2.05, 4.69) is 15.8 Å².